The lowest BCUT2D eigenvalue weighted by Crippen LogP contribution is -2.23. The SMILES string of the molecule is COc1ccc(NC(=O)c2cc([N+](=O)[O-])ccc2N2CCCC2)cc1Cl. The number of carbonyl (C=O) groups excluding carboxylic acids is 1. The number of amides is 1. The molecule has 0 bridgehead atoms. The smallest absolute Gasteiger partial charge is 0.270 e. The van der Waals surface area contributed by atoms with Crippen molar-refractivity contribution in [2.24, 2.45) is 0 Å². The minimum atomic E-state index is -0.505. The molecule has 3 rings (SSSR count). The van der Waals surface area contributed by atoms with E-state index >= 15 is 0 Å². The van der Waals surface area contributed by atoms with E-state index in [2.05, 4.69) is 10.2 Å². The Morgan fingerprint density at radius 2 is 1.96 bits per heavy atom. The Morgan fingerprint density at radius 1 is 1.23 bits per heavy atom. The van der Waals surface area contributed by atoms with E-state index in [-0.39, 0.29) is 11.3 Å². The molecule has 1 aliphatic heterocycles. The first-order valence-corrected chi connectivity index (χ1v) is 8.55. The van der Waals surface area contributed by atoms with Crippen molar-refractivity contribution in [3.05, 3.63) is 57.1 Å². The summed E-state index contributed by atoms with van der Waals surface area (Å²) >= 11 is 6.09. The van der Waals surface area contributed by atoms with Crippen LogP contribution in [0, 0.1) is 10.1 Å². The molecule has 8 heteroatoms. The summed E-state index contributed by atoms with van der Waals surface area (Å²) in [6, 6.07) is 9.26. The van der Waals surface area contributed by atoms with Gasteiger partial charge in [0.05, 0.1) is 28.3 Å². The van der Waals surface area contributed by atoms with E-state index in [9.17, 15) is 14.9 Å². The molecule has 2 aromatic rings. The second-order valence-corrected chi connectivity index (χ2v) is 6.36. The standard InChI is InChI=1S/C18H18ClN3O4/c1-26-17-7-4-12(10-15(17)19)20-18(23)14-11-13(22(24)25)5-6-16(14)21-8-2-3-9-21/h4-7,10-11H,2-3,8-9H2,1H3,(H,20,23). The number of rotatable bonds is 5. The maximum Gasteiger partial charge on any atom is 0.270 e. The summed E-state index contributed by atoms with van der Waals surface area (Å²) < 4.78 is 5.09. The number of anilines is 2. The van der Waals surface area contributed by atoms with Crippen LogP contribution in [-0.4, -0.2) is 31.0 Å². The van der Waals surface area contributed by atoms with Crippen LogP contribution in [0.25, 0.3) is 0 Å². The molecule has 1 N–H and O–H groups in total. The number of hydrogen-bond donors (Lipinski definition) is 1. The molecule has 1 fully saturated rings. The molecule has 26 heavy (non-hydrogen) atoms. The molecule has 2 aromatic carbocycles. The van der Waals surface area contributed by atoms with E-state index < -0.39 is 10.8 Å². The van der Waals surface area contributed by atoms with Crippen LogP contribution in [0.3, 0.4) is 0 Å². The summed E-state index contributed by atoms with van der Waals surface area (Å²) in [5, 5.41) is 14.2. The fourth-order valence-corrected chi connectivity index (χ4v) is 3.25. The van der Waals surface area contributed by atoms with Gasteiger partial charge in [-0.3, -0.25) is 14.9 Å². The van der Waals surface area contributed by atoms with Gasteiger partial charge in [0, 0.05) is 30.9 Å². The van der Waals surface area contributed by atoms with Crippen LogP contribution < -0.4 is 15.0 Å². The average molecular weight is 376 g/mol. The lowest BCUT2D eigenvalue weighted by Gasteiger charge is -2.21. The second-order valence-electron chi connectivity index (χ2n) is 5.96. The van der Waals surface area contributed by atoms with Crippen molar-refractivity contribution in [2.45, 2.75) is 12.8 Å². The summed E-state index contributed by atoms with van der Waals surface area (Å²) in [5.74, 6) is 0.0783. The number of ether oxygens (including phenoxy) is 1. The lowest BCUT2D eigenvalue weighted by molar-refractivity contribution is -0.384. The zero-order chi connectivity index (χ0) is 18.7. The molecule has 7 nitrogen and oxygen atoms in total. The van der Waals surface area contributed by atoms with Gasteiger partial charge < -0.3 is 15.0 Å². The van der Waals surface area contributed by atoms with Crippen LogP contribution in [0.5, 0.6) is 5.75 Å². The van der Waals surface area contributed by atoms with Gasteiger partial charge in [0.15, 0.2) is 0 Å². The molecule has 0 radical (unpaired) electrons. The molecule has 0 spiro atoms. The number of hydrogen-bond acceptors (Lipinski definition) is 5. The van der Waals surface area contributed by atoms with E-state index in [1.54, 1.807) is 24.3 Å². The molecular formula is C18H18ClN3O4. The van der Waals surface area contributed by atoms with Gasteiger partial charge in [-0.15, -0.1) is 0 Å². The Morgan fingerprint density at radius 3 is 2.58 bits per heavy atom. The third kappa shape index (κ3) is 3.72. The number of nitro groups is 1. The van der Waals surface area contributed by atoms with E-state index in [0.717, 1.165) is 25.9 Å². The van der Waals surface area contributed by atoms with E-state index in [0.29, 0.717) is 22.1 Å². The predicted molar refractivity (Wildman–Crippen MR) is 101 cm³/mol. The lowest BCUT2D eigenvalue weighted by atomic mass is 10.1. The van der Waals surface area contributed by atoms with Crippen molar-refractivity contribution in [1.29, 1.82) is 0 Å². The van der Waals surface area contributed by atoms with Crippen LogP contribution in [0.4, 0.5) is 17.1 Å². The zero-order valence-corrected chi connectivity index (χ0v) is 15.0. The number of halogens is 1. The van der Waals surface area contributed by atoms with Gasteiger partial charge in [0.25, 0.3) is 11.6 Å². The molecule has 1 heterocycles. The highest BCUT2D eigenvalue weighted by Crippen LogP contribution is 2.31. The monoisotopic (exact) mass is 375 g/mol. The molecule has 0 aliphatic carbocycles. The molecule has 0 aromatic heterocycles. The summed E-state index contributed by atoms with van der Waals surface area (Å²) in [7, 11) is 1.50. The third-order valence-electron chi connectivity index (χ3n) is 4.29. The molecule has 0 atom stereocenters. The molecule has 0 unspecified atom stereocenters. The zero-order valence-electron chi connectivity index (χ0n) is 14.2. The largest absolute Gasteiger partial charge is 0.495 e. The maximum absolute atomic E-state index is 12.8. The molecule has 0 saturated carbocycles. The molecular weight excluding hydrogens is 358 g/mol. The number of methoxy groups -OCH3 is 1. The van der Waals surface area contributed by atoms with Gasteiger partial charge in [0.2, 0.25) is 0 Å². The van der Waals surface area contributed by atoms with Gasteiger partial charge in [-0.05, 0) is 37.1 Å². The number of benzene rings is 2. The van der Waals surface area contributed by atoms with Gasteiger partial charge in [-0.2, -0.15) is 0 Å². The van der Waals surface area contributed by atoms with Crippen LogP contribution in [0.2, 0.25) is 5.02 Å². The molecule has 1 saturated heterocycles. The Hall–Kier alpha value is -2.80. The maximum atomic E-state index is 12.8. The summed E-state index contributed by atoms with van der Waals surface area (Å²) in [6.07, 6.45) is 2.07. The summed E-state index contributed by atoms with van der Waals surface area (Å²) in [5.41, 5.74) is 1.34. The topological polar surface area (TPSA) is 84.7 Å². The van der Waals surface area contributed by atoms with Crippen molar-refractivity contribution in [3.8, 4) is 5.75 Å². The molecule has 1 aliphatic rings. The minimum absolute atomic E-state index is 0.120. The average Bonchev–Trinajstić information content (AvgIpc) is 3.15. The van der Waals surface area contributed by atoms with E-state index in [1.807, 2.05) is 0 Å². The quantitative estimate of drug-likeness (QED) is 0.628. The normalized spacial score (nSPS) is 13.5. The van der Waals surface area contributed by atoms with Crippen molar-refractivity contribution < 1.29 is 14.5 Å². The Kier molecular flexibility index (Phi) is 5.27. The Balaban J connectivity index is 1.92. The van der Waals surface area contributed by atoms with Crippen molar-refractivity contribution in [2.75, 3.05) is 30.4 Å². The van der Waals surface area contributed by atoms with Crippen LogP contribution >= 0.6 is 11.6 Å². The second kappa shape index (κ2) is 7.61. The van der Waals surface area contributed by atoms with Gasteiger partial charge in [-0.25, -0.2) is 0 Å². The van der Waals surface area contributed by atoms with E-state index in [1.165, 1.54) is 19.2 Å². The van der Waals surface area contributed by atoms with Crippen LogP contribution in [0.15, 0.2) is 36.4 Å². The minimum Gasteiger partial charge on any atom is -0.495 e. The Bertz CT molecular complexity index is 850. The highest BCUT2D eigenvalue weighted by molar-refractivity contribution is 6.32. The first kappa shape index (κ1) is 18.0. The van der Waals surface area contributed by atoms with Gasteiger partial charge in [-0.1, -0.05) is 11.6 Å². The predicted octanol–water partition coefficient (Wildman–Crippen LogP) is 4.11. The van der Waals surface area contributed by atoms with Crippen molar-refractivity contribution in [1.82, 2.24) is 0 Å². The highest BCUT2D eigenvalue weighted by atomic mass is 35.5. The first-order chi connectivity index (χ1) is 12.5. The van der Waals surface area contributed by atoms with Crippen LogP contribution in [-0.2, 0) is 0 Å². The summed E-state index contributed by atoms with van der Waals surface area (Å²) in [6.45, 7) is 1.65. The molecule has 1 amide bonds. The number of non-ortho nitro benzene ring substituents is 1. The molecule has 136 valence electrons. The van der Waals surface area contributed by atoms with Crippen LogP contribution in [0.1, 0.15) is 23.2 Å². The van der Waals surface area contributed by atoms with Crippen molar-refractivity contribution >= 4 is 34.6 Å². The van der Waals surface area contributed by atoms with Gasteiger partial charge >= 0.3 is 0 Å². The fraction of sp³-hybridized carbons (Fsp3) is 0.278. The number of nitro benzene ring substituents is 1. The first-order valence-electron chi connectivity index (χ1n) is 8.18. The fourth-order valence-electron chi connectivity index (χ4n) is 3.00. The Labute approximate surface area is 155 Å². The summed E-state index contributed by atoms with van der Waals surface area (Å²) in [4.78, 5) is 25.5. The van der Waals surface area contributed by atoms with E-state index in [4.69, 9.17) is 16.3 Å². The number of nitrogens with one attached hydrogen (secondary N) is 1. The van der Waals surface area contributed by atoms with Gasteiger partial charge in [0.1, 0.15) is 5.75 Å². The van der Waals surface area contributed by atoms with Crippen molar-refractivity contribution in [3.63, 3.8) is 0 Å². The highest BCUT2D eigenvalue weighted by Gasteiger charge is 2.22. The third-order valence-corrected chi connectivity index (χ3v) is 4.59. The number of nitrogens with zero attached hydrogens (tertiary/aromatic N) is 2. The number of carbonyl (C=O) groups is 1.